The van der Waals surface area contributed by atoms with Gasteiger partial charge >= 0.3 is 12.4 Å². The normalized spacial score (nSPS) is 20.3. The van der Waals surface area contributed by atoms with Gasteiger partial charge in [-0.25, -0.2) is 0 Å². The van der Waals surface area contributed by atoms with Crippen molar-refractivity contribution in [3.8, 4) is 0 Å². The van der Waals surface area contributed by atoms with Crippen LogP contribution in [-0.2, 0) is 22.7 Å². The molecular weight excluding hydrogens is 506 g/mol. The molecule has 2 aromatic rings. The topological polar surface area (TPSA) is 41.1 Å². The molecule has 1 fully saturated rings. The number of carbonyl (C=O) groups is 1. The van der Waals surface area contributed by atoms with Gasteiger partial charge in [-0.15, -0.1) is 13.2 Å². The summed E-state index contributed by atoms with van der Waals surface area (Å²) in [5.74, 6) is -0.957. The van der Waals surface area contributed by atoms with Gasteiger partial charge in [-0.1, -0.05) is 61.6 Å². The first-order chi connectivity index (χ1) is 17.6. The summed E-state index contributed by atoms with van der Waals surface area (Å²) < 4.78 is 80.7. The van der Waals surface area contributed by atoms with E-state index in [1.165, 1.54) is 6.92 Å². The van der Waals surface area contributed by atoms with E-state index < -0.39 is 40.5 Å². The SMILES string of the molecule is C=C[C@@]1(CN[C@](C=C)(CC(=C)C(C)c2cc(C(F)(F)F)cc(C(F)(F)F)c2)c2ccccc2)CCC(=O)N1. The third-order valence-electron chi connectivity index (χ3n) is 7.16. The van der Waals surface area contributed by atoms with Gasteiger partial charge in [0, 0.05) is 18.9 Å². The van der Waals surface area contributed by atoms with Crippen LogP contribution in [-0.4, -0.2) is 18.0 Å². The zero-order valence-corrected chi connectivity index (χ0v) is 21.0. The molecule has 0 saturated carbocycles. The van der Waals surface area contributed by atoms with Crippen molar-refractivity contribution in [2.24, 2.45) is 0 Å². The predicted octanol–water partition coefficient (Wildman–Crippen LogP) is 7.28. The van der Waals surface area contributed by atoms with Gasteiger partial charge in [-0.3, -0.25) is 4.79 Å². The van der Waals surface area contributed by atoms with Crippen molar-refractivity contribution in [1.82, 2.24) is 10.6 Å². The maximum absolute atomic E-state index is 13.4. The lowest BCUT2D eigenvalue weighted by molar-refractivity contribution is -0.143. The molecular formula is C29H30F6N2O. The van der Waals surface area contributed by atoms with E-state index in [0.29, 0.717) is 18.4 Å². The molecule has 1 amide bonds. The fourth-order valence-corrected chi connectivity index (χ4v) is 4.65. The van der Waals surface area contributed by atoms with Gasteiger partial charge in [0.05, 0.1) is 22.2 Å². The molecule has 0 radical (unpaired) electrons. The number of amides is 1. The molecule has 0 bridgehead atoms. The van der Waals surface area contributed by atoms with Crippen LogP contribution in [0.3, 0.4) is 0 Å². The largest absolute Gasteiger partial charge is 0.416 e. The molecule has 3 nitrogen and oxygen atoms in total. The summed E-state index contributed by atoms with van der Waals surface area (Å²) in [6.07, 6.45) is -5.62. The summed E-state index contributed by atoms with van der Waals surface area (Å²) >= 11 is 0. The van der Waals surface area contributed by atoms with Crippen LogP contribution in [0.4, 0.5) is 26.3 Å². The number of carbonyl (C=O) groups excluding carboxylic acids is 1. The molecule has 1 aliphatic rings. The molecule has 1 unspecified atom stereocenters. The highest BCUT2D eigenvalue weighted by Crippen LogP contribution is 2.41. The Bertz CT molecular complexity index is 1170. The van der Waals surface area contributed by atoms with E-state index in [1.54, 1.807) is 12.2 Å². The molecule has 1 saturated heterocycles. The maximum Gasteiger partial charge on any atom is 0.416 e. The molecule has 2 aromatic carbocycles. The Kier molecular flexibility index (Phi) is 8.31. The van der Waals surface area contributed by atoms with Crippen molar-refractivity contribution in [2.75, 3.05) is 6.54 Å². The fraction of sp³-hybridized carbons (Fsp3) is 0.345. The van der Waals surface area contributed by atoms with Gasteiger partial charge in [-0.05, 0) is 42.2 Å². The Morgan fingerprint density at radius 1 is 1.03 bits per heavy atom. The third kappa shape index (κ3) is 6.38. The quantitative estimate of drug-likeness (QED) is 0.248. The zero-order chi connectivity index (χ0) is 28.4. The number of benzene rings is 2. The van der Waals surface area contributed by atoms with Gasteiger partial charge < -0.3 is 10.6 Å². The number of halogens is 6. The van der Waals surface area contributed by atoms with E-state index in [2.05, 4.69) is 30.4 Å². The molecule has 0 spiro atoms. The summed E-state index contributed by atoms with van der Waals surface area (Å²) in [5.41, 5.74) is -3.41. The summed E-state index contributed by atoms with van der Waals surface area (Å²) in [7, 11) is 0. The van der Waals surface area contributed by atoms with Crippen LogP contribution in [0.25, 0.3) is 0 Å². The fourth-order valence-electron chi connectivity index (χ4n) is 4.65. The molecule has 3 rings (SSSR count). The van der Waals surface area contributed by atoms with Gasteiger partial charge in [0.25, 0.3) is 0 Å². The Labute approximate surface area is 218 Å². The second kappa shape index (κ2) is 10.8. The summed E-state index contributed by atoms with van der Waals surface area (Å²) in [4.78, 5) is 11.9. The van der Waals surface area contributed by atoms with Crippen molar-refractivity contribution in [3.63, 3.8) is 0 Å². The van der Waals surface area contributed by atoms with Crippen LogP contribution in [0.1, 0.15) is 54.4 Å². The van der Waals surface area contributed by atoms with Crippen LogP contribution in [0, 0.1) is 0 Å². The second-order valence-corrected chi connectivity index (χ2v) is 9.70. The van der Waals surface area contributed by atoms with Crippen LogP contribution in [0.5, 0.6) is 0 Å². The lowest BCUT2D eigenvalue weighted by Crippen LogP contribution is -2.53. The van der Waals surface area contributed by atoms with Crippen molar-refractivity contribution in [3.05, 3.63) is 108 Å². The van der Waals surface area contributed by atoms with Crippen LogP contribution in [0.2, 0.25) is 0 Å². The first-order valence-electron chi connectivity index (χ1n) is 12.0. The predicted molar refractivity (Wildman–Crippen MR) is 135 cm³/mol. The highest BCUT2D eigenvalue weighted by molar-refractivity contribution is 5.80. The van der Waals surface area contributed by atoms with Crippen molar-refractivity contribution < 1.29 is 31.1 Å². The number of hydrogen-bond acceptors (Lipinski definition) is 2. The van der Waals surface area contributed by atoms with Crippen LogP contribution < -0.4 is 10.6 Å². The average molecular weight is 537 g/mol. The summed E-state index contributed by atoms with van der Waals surface area (Å²) in [6.45, 7) is 13.7. The highest BCUT2D eigenvalue weighted by atomic mass is 19.4. The van der Waals surface area contributed by atoms with Crippen molar-refractivity contribution in [1.29, 1.82) is 0 Å². The van der Waals surface area contributed by atoms with E-state index >= 15 is 0 Å². The van der Waals surface area contributed by atoms with E-state index in [9.17, 15) is 31.1 Å². The molecule has 9 heteroatoms. The minimum atomic E-state index is -4.95. The van der Waals surface area contributed by atoms with Gasteiger partial charge in [0.2, 0.25) is 5.91 Å². The summed E-state index contributed by atoms with van der Waals surface area (Å²) in [5, 5.41) is 6.36. The van der Waals surface area contributed by atoms with E-state index in [0.717, 1.165) is 17.7 Å². The molecule has 38 heavy (non-hydrogen) atoms. The monoisotopic (exact) mass is 536 g/mol. The Morgan fingerprint density at radius 2 is 1.61 bits per heavy atom. The third-order valence-corrected chi connectivity index (χ3v) is 7.16. The molecule has 1 heterocycles. The minimum absolute atomic E-state index is 0.112. The van der Waals surface area contributed by atoms with Gasteiger partial charge in [0.15, 0.2) is 0 Å². The molecule has 2 N–H and O–H groups in total. The van der Waals surface area contributed by atoms with Crippen LogP contribution >= 0.6 is 0 Å². The Hall–Kier alpha value is -3.33. The first-order valence-corrected chi connectivity index (χ1v) is 12.0. The molecule has 0 aliphatic carbocycles. The van der Waals surface area contributed by atoms with E-state index in [4.69, 9.17) is 0 Å². The van der Waals surface area contributed by atoms with Crippen LogP contribution in [0.15, 0.2) is 86.0 Å². The van der Waals surface area contributed by atoms with Crippen molar-refractivity contribution >= 4 is 5.91 Å². The molecule has 3 atom stereocenters. The lowest BCUT2D eigenvalue weighted by atomic mass is 9.78. The van der Waals surface area contributed by atoms with Gasteiger partial charge in [0.1, 0.15) is 0 Å². The van der Waals surface area contributed by atoms with Crippen molar-refractivity contribution in [2.45, 2.75) is 55.5 Å². The number of rotatable bonds is 10. The second-order valence-electron chi connectivity index (χ2n) is 9.70. The Morgan fingerprint density at radius 3 is 2.05 bits per heavy atom. The average Bonchev–Trinajstić information content (AvgIpc) is 3.26. The summed E-state index contributed by atoms with van der Waals surface area (Å²) in [6, 6.07) is 10.7. The standard InChI is InChI=1S/C29H30F6N2O/c1-5-26(13-12-25(38)37-26)18-36-27(6-2,22-10-8-7-9-11-22)17-19(3)20(4)21-14-23(28(30,31)32)16-24(15-21)29(33,34)35/h5-11,14-16,20,36H,1-3,12-13,17-18H2,4H3,(H,37,38)/t20?,26-,27+/m0/s1. The number of nitrogens with one attached hydrogen (secondary N) is 2. The van der Waals surface area contributed by atoms with Gasteiger partial charge in [-0.2, -0.15) is 26.3 Å². The highest BCUT2D eigenvalue weighted by Gasteiger charge is 2.40. The molecule has 204 valence electrons. The Balaban J connectivity index is 1.98. The molecule has 1 aliphatic heterocycles. The maximum atomic E-state index is 13.4. The number of alkyl halides is 6. The zero-order valence-electron chi connectivity index (χ0n) is 21.0. The first kappa shape index (κ1) is 29.2. The number of hydrogen-bond donors (Lipinski definition) is 2. The van der Waals surface area contributed by atoms with E-state index in [1.807, 2.05) is 30.3 Å². The molecule has 0 aromatic heterocycles. The minimum Gasteiger partial charge on any atom is -0.346 e. The smallest absolute Gasteiger partial charge is 0.346 e. The lowest BCUT2D eigenvalue weighted by Gasteiger charge is -2.38. The van der Waals surface area contributed by atoms with E-state index in [-0.39, 0.29) is 30.5 Å².